The third kappa shape index (κ3) is 3.62. The van der Waals surface area contributed by atoms with Crippen molar-refractivity contribution in [1.82, 2.24) is 15.0 Å². The molecule has 0 aliphatic rings. The molecular formula is C12H19N3. The van der Waals surface area contributed by atoms with E-state index < -0.39 is 0 Å². The fourth-order valence-electron chi connectivity index (χ4n) is 1.03. The zero-order valence-electron chi connectivity index (χ0n) is 10.2. The highest BCUT2D eigenvalue weighted by Crippen LogP contribution is 2.10. The highest BCUT2D eigenvalue weighted by atomic mass is 14.8. The van der Waals surface area contributed by atoms with Crippen LogP contribution in [0.1, 0.15) is 33.4 Å². The van der Waals surface area contributed by atoms with Gasteiger partial charge in [-0.25, -0.2) is 9.97 Å². The molecule has 0 atom stereocenters. The topological polar surface area (TPSA) is 38.7 Å². The number of hydrogen-bond acceptors (Lipinski definition) is 3. The fraction of sp³-hybridized carbons (Fsp3) is 0.417. The zero-order valence-corrected chi connectivity index (χ0v) is 10.2. The van der Waals surface area contributed by atoms with E-state index in [1.54, 1.807) is 18.7 Å². The molecule has 0 saturated heterocycles. The second kappa shape index (κ2) is 7.85. The predicted octanol–water partition coefficient (Wildman–Crippen LogP) is 3.39. The first-order chi connectivity index (χ1) is 7.38. The quantitative estimate of drug-likeness (QED) is 0.661. The molecule has 2 rings (SSSR count). The molecular weight excluding hydrogens is 186 g/mol. The Morgan fingerprint density at radius 1 is 1.00 bits per heavy atom. The van der Waals surface area contributed by atoms with E-state index in [1.165, 1.54) is 0 Å². The smallest absolute Gasteiger partial charge is 0.116 e. The summed E-state index contributed by atoms with van der Waals surface area (Å²) in [5, 5.41) is 1.02. The van der Waals surface area contributed by atoms with Crippen LogP contribution in [0, 0.1) is 6.92 Å². The number of pyridine rings is 1. The van der Waals surface area contributed by atoms with Crippen molar-refractivity contribution in [3.63, 3.8) is 0 Å². The normalized spacial score (nSPS) is 8.33. The van der Waals surface area contributed by atoms with Gasteiger partial charge in [0, 0.05) is 17.8 Å². The summed E-state index contributed by atoms with van der Waals surface area (Å²) in [6, 6.07) is 1.88. The minimum absolute atomic E-state index is 0.951. The Labute approximate surface area is 91.6 Å². The van der Waals surface area contributed by atoms with Crippen molar-refractivity contribution in [3.8, 4) is 0 Å². The van der Waals surface area contributed by atoms with Crippen LogP contribution >= 0.6 is 0 Å². The van der Waals surface area contributed by atoms with E-state index in [4.69, 9.17) is 0 Å². The molecule has 2 aromatic rings. The lowest BCUT2D eigenvalue weighted by Crippen LogP contribution is -1.86. The average Bonchev–Trinajstić information content (AvgIpc) is 2.35. The Bertz CT molecular complexity index is 380. The van der Waals surface area contributed by atoms with E-state index >= 15 is 0 Å². The molecule has 2 aromatic heterocycles. The fourth-order valence-corrected chi connectivity index (χ4v) is 1.03. The Hall–Kier alpha value is -1.51. The number of rotatable bonds is 0. The van der Waals surface area contributed by atoms with Gasteiger partial charge in [-0.15, -0.1) is 0 Å². The number of aryl methyl sites for hydroxylation is 1. The van der Waals surface area contributed by atoms with E-state index in [0.717, 1.165) is 16.6 Å². The van der Waals surface area contributed by atoms with Crippen molar-refractivity contribution in [1.29, 1.82) is 0 Å². The maximum Gasteiger partial charge on any atom is 0.116 e. The van der Waals surface area contributed by atoms with E-state index in [1.807, 2.05) is 40.7 Å². The van der Waals surface area contributed by atoms with Crippen molar-refractivity contribution >= 4 is 10.9 Å². The molecule has 0 N–H and O–H groups in total. The Morgan fingerprint density at radius 2 is 1.67 bits per heavy atom. The van der Waals surface area contributed by atoms with Gasteiger partial charge in [-0.05, 0) is 13.0 Å². The van der Waals surface area contributed by atoms with Gasteiger partial charge in [0.15, 0.2) is 0 Å². The Morgan fingerprint density at radius 3 is 2.27 bits per heavy atom. The van der Waals surface area contributed by atoms with Gasteiger partial charge in [-0.1, -0.05) is 27.7 Å². The molecule has 0 aliphatic heterocycles. The molecule has 0 spiro atoms. The average molecular weight is 205 g/mol. The largest absolute Gasteiger partial charge is 0.264 e. The van der Waals surface area contributed by atoms with Gasteiger partial charge in [-0.2, -0.15) is 0 Å². The first-order valence-electron chi connectivity index (χ1n) is 5.39. The van der Waals surface area contributed by atoms with Crippen molar-refractivity contribution in [2.45, 2.75) is 34.6 Å². The van der Waals surface area contributed by atoms with Crippen molar-refractivity contribution in [2.75, 3.05) is 0 Å². The first-order valence-corrected chi connectivity index (χ1v) is 5.39. The van der Waals surface area contributed by atoms with Gasteiger partial charge in [0.2, 0.25) is 0 Å². The monoisotopic (exact) mass is 205 g/mol. The molecule has 0 radical (unpaired) electrons. The molecule has 0 aliphatic carbocycles. The molecule has 2 heterocycles. The molecule has 0 unspecified atom stereocenters. The van der Waals surface area contributed by atoms with Crippen LogP contribution in [0.4, 0.5) is 0 Å². The highest BCUT2D eigenvalue weighted by Gasteiger charge is 1.95. The summed E-state index contributed by atoms with van der Waals surface area (Å²) in [6.07, 6.45) is 5.08. The van der Waals surface area contributed by atoms with Gasteiger partial charge in [0.1, 0.15) is 6.33 Å². The standard InChI is InChI=1S/C8H7N3.2C2H6/c1-6-7-4-9-3-2-8(7)11-5-10-6;2*1-2/h2-5H,1H3;2*1-2H3. The molecule has 0 fully saturated rings. The molecule has 0 bridgehead atoms. The summed E-state index contributed by atoms with van der Waals surface area (Å²) < 4.78 is 0. The van der Waals surface area contributed by atoms with Crippen LogP contribution in [0.5, 0.6) is 0 Å². The van der Waals surface area contributed by atoms with E-state index in [2.05, 4.69) is 15.0 Å². The van der Waals surface area contributed by atoms with Gasteiger partial charge in [-0.3, -0.25) is 4.98 Å². The summed E-state index contributed by atoms with van der Waals surface area (Å²) in [5.41, 5.74) is 1.93. The number of nitrogens with zero attached hydrogens (tertiary/aromatic N) is 3. The van der Waals surface area contributed by atoms with Gasteiger partial charge < -0.3 is 0 Å². The van der Waals surface area contributed by atoms with E-state index in [-0.39, 0.29) is 0 Å². The Kier molecular flexibility index (Phi) is 7.06. The molecule has 0 amide bonds. The summed E-state index contributed by atoms with van der Waals surface area (Å²) >= 11 is 0. The lowest BCUT2D eigenvalue weighted by molar-refractivity contribution is 1.14. The molecule has 82 valence electrons. The molecule has 3 heteroatoms. The third-order valence-electron chi connectivity index (χ3n) is 1.64. The van der Waals surface area contributed by atoms with Crippen molar-refractivity contribution in [3.05, 3.63) is 30.5 Å². The van der Waals surface area contributed by atoms with E-state index in [9.17, 15) is 0 Å². The maximum absolute atomic E-state index is 4.09. The van der Waals surface area contributed by atoms with Crippen LogP contribution < -0.4 is 0 Å². The predicted molar refractivity (Wildman–Crippen MR) is 64.8 cm³/mol. The van der Waals surface area contributed by atoms with Crippen LogP contribution in [0.25, 0.3) is 10.9 Å². The summed E-state index contributed by atoms with van der Waals surface area (Å²) in [5.74, 6) is 0. The van der Waals surface area contributed by atoms with Crippen LogP contribution in [0.3, 0.4) is 0 Å². The van der Waals surface area contributed by atoms with Gasteiger partial charge >= 0.3 is 0 Å². The van der Waals surface area contributed by atoms with Crippen molar-refractivity contribution < 1.29 is 0 Å². The Balaban J connectivity index is 0.000000442. The van der Waals surface area contributed by atoms with Crippen LogP contribution in [-0.4, -0.2) is 15.0 Å². The van der Waals surface area contributed by atoms with Crippen LogP contribution in [0.2, 0.25) is 0 Å². The van der Waals surface area contributed by atoms with Gasteiger partial charge in [0.25, 0.3) is 0 Å². The van der Waals surface area contributed by atoms with Crippen LogP contribution in [-0.2, 0) is 0 Å². The zero-order chi connectivity index (χ0) is 11.7. The summed E-state index contributed by atoms with van der Waals surface area (Å²) in [7, 11) is 0. The van der Waals surface area contributed by atoms with Crippen LogP contribution in [0.15, 0.2) is 24.8 Å². The lowest BCUT2D eigenvalue weighted by atomic mass is 10.2. The minimum Gasteiger partial charge on any atom is -0.264 e. The summed E-state index contributed by atoms with van der Waals surface area (Å²) in [6.45, 7) is 9.95. The first kappa shape index (κ1) is 13.5. The number of fused-ring (bicyclic) bond motifs is 1. The van der Waals surface area contributed by atoms with Gasteiger partial charge in [0.05, 0.1) is 11.2 Å². The van der Waals surface area contributed by atoms with E-state index in [0.29, 0.717) is 0 Å². The van der Waals surface area contributed by atoms with Crippen molar-refractivity contribution in [2.24, 2.45) is 0 Å². The molecule has 15 heavy (non-hydrogen) atoms. The molecule has 0 saturated carbocycles. The third-order valence-corrected chi connectivity index (χ3v) is 1.64. The highest BCUT2D eigenvalue weighted by molar-refractivity contribution is 5.78. The number of hydrogen-bond donors (Lipinski definition) is 0. The number of aromatic nitrogens is 3. The maximum atomic E-state index is 4.09. The lowest BCUT2D eigenvalue weighted by Gasteiger charge is -1.96. The molecule has 0 aromatic carbocycles. The minimum atomic E-state index is 0.951. The second-order valence-electron chi connectivity index (χ2n) is 2.35. The second-order valence-corrected chi connectivity index (χ2v) is 2.35. The molecule has 3 nitrogen and oxygen atoms in total. The summed E-state index contributed by atoms with van der Waals surface area (Å²) in [4.78, 5) is 12.1. The SMILES string of the molecule is CC.CC.Cc1ncnc2ccncc12.